The highest BCUT2D eigenvalue weighted by molar-refractivity contribution is 7.13. The zero-order valence-electron chi connectivity index (χ0n) is 9.69. The van der Waals surface area contributed by atoms with Gasteiger partial charge in [0.1, 0.15) is 4.88 Å². The molecule has 0 atom stereocenters. The molecule has 2 rings (SSSR count). The summed E-state index contributed by atoms with van der Waals surface area (Å²) in [6.45, 7) is 0. The maximum Gasteiger partial charge on any atom is 0.350 e. The van der Waals surface area contributed by atoms with Gasteiger partial charge in [-0.2, -0.15) is 0 Å². The molecular weight excluding hydrogens is 238 g/mol. The van der Waals surface area contributed by atoms with Crippen LogP contribution in [0, 0.1) is 5.92 Å². The van der Waals surface area contributed by atoms with E-state index in [0.29, 0.717) is 10.4 Å². The number of esters is 1. The Bertz CT molecular complexity index is 447. The molecule has 0 saturated heterocycles. The molecule has 2 N–H and O–H groups in total. The lowest BCUT2D eigenvalue weighted by molar-refractivity contribution is 0.0607. The number of Topliss-reactive ketones (excluding diaryl/α,β-unsaturated/α-hetero) is 1. The van der Waals surface area contributed by atoms with Crippen molar-refractivity contribution >= 4 is 28.8 Å². The first-order valence-corrected chi connectivity index (χ1v) is 6.52. The number of thiophene rings is 1. The SMILES string of the molecule is COC(=O)c1scc(C(=O)C2CCCC2)c1N. The van der Waals surface area contributed by atoms with Crippen LogP contribution in [-0.4, -0.2) is 18.9 Å². The third kappa shape index (κ3) is 2.20. The molecule has 17 heavy (non-hydrogen) atoms. The van der Waals surface area contributed by atoms with Crippen LogP contribution in [0.3, 0.4) is 0 Å². The minimum atomic E-state index is -0.474. The van der Waals surface area contributed by atoms with E-state index in [1.807, 2.05) is 0 Å². The molecule has 1 aromatic heterocycles. The first-order chi connectivity index (χ1) is 8.15. The van der Waals surface area contributed by atoms with Crippen molar-refractivity contribution in [2.24, 2.45) is 5.92 Å². The quantitative estimate of drug-likeness (QED) is 0.663. The molecule has 0 unspecified atom stereocenters. The summed E-state index contributed by atoms with van der Waals surface area (Å²) in [5.74, 6) is -0.318. The number of carbonyl (C=O) groups excluding carboxylic acids is 2. The lowest BCUT2D eigenvalue weighted by Crippen LogP contribution is -2.13. The van der Waals surface area contributed by atoms with E-state index in [0.717, 1.165) is 25.7 Å². The van der Waals surface area contributed by atoms with Crippen molar-refractivity contribution in [2.75, 3.05) is 12.8 Å². The predicted octanol–water partition coefficient (Wildman–Crippen LogP) is 2.49. The van der Waals surface area contributed by atoms with Crippen LogP contribution in [0.1, 0.15) is 45.7 Å². The van der Waals surface area contributed by atoms with Gasteiger partial charge in [-0.05, 0) is 12.8 Å². The smallest absolute Gasteiger partial charge is 0.350 e. The number of hydrogen-bond acceptors (Lipinski definition) is 5. The van der Waals surface area contributed by atoms with Crippen LogP contribution >= 0.6 is 11.3 Å². The number of anilines is 1. The molecule has 0 spiro atoms. The molecule has 0 aliphatic heterocycles. The minimum absolute atomic E-state index is 0.0754. The van der Waals surface area contributed by atoms with E-state index in [2.05, 4.69) is 4.74 Å². The molecule has 1 saturated carbocycles. The molecular formula is C12H15NO3S. The first kappa shape index (κ1) is 12.1. The number of hydrogen-bond donors (Lipinski definition) is 1. The molecule has 5 heteroatoms. The van der Waals surface area contributed by atoms with Gasteiger partial charge in [-0.1, -0.05) is 12.8 Å². The molecule has 0 aromatic carbocycles. The monoisotopic (exact) mass is 253 g/mol. The largest absolute Gasteiger partial charge is 0.465 e. The van der Waals surface area contributed by atoms with Crippen molar-refractivity contribution in [2.45, 2.75) is 25.7 Å². The van der Waals surface area contributed by atoms with Crippen molar-refractivity contribution in [1.29, 1.82) is 0 Å². The van der Waals surface area contributed by atoms with Crippen molar-refractivity contribution < 1.29 is 14.3 Å². The van der Waals surface area contributed by atoms with Crippen LogP contribution in [-0.2, 0) is 4.74 Å². The summed E-state index contributed by atoms with van der Waals surface area (Å²) >= 11 is 1.18. The molecule has 92 valence electrons. The van der Waals surface area contributed by atoms with Gasteiger partial charge in [0.2, 0.25) is 0 Å². The van der Waals surface area contributed by atoms with Crippen LogP contribution < -0.4 is 5.73 Å². The fraction of sp³-hybridized carbons (Fsp3) is 0.500. The van der Waals surface area contributed by atoms with E-state index in [-0.39, 0.29) is 17.4 Å². The van der Waals surface area contributed by atoms with Crippen LogP contribution in [0.5, 0.6) is 0 Å². The highest BCUT2D eigenvalue weighted by Crippen LogP contribution is 2.33. The van der Waals surface area contributed by atoms with Crippen molar-refractivity contribution in [3.63, 3.8) is 0 Å². The van der Waals surface area contributed by atoms with Crippen LogP contribution in [0.4, 0.5) is 5.69 Å². The Hall–Kier alpha value is -1.36. The second-order valence-corrected chi connectivity index (χ2v) is 5.11. The summed E-state index contributed by atoms with van der Waals surface area (Å²) in [6.07, 6.45) is 4.07. The van der Waals surface area contributed by atoms with E-state index in [1.54, 1.807) is 5.38 Å². The average Bonchev–Trinajstić information content (AvgIpc) is 2.96. The summed E-state index contributed by atoms with van der Waals surface area (Å²) in [7, 11) is 1.31. The Morgan fingerprint density at radius 3 is 2.65 bits per heavy atom. The second kappa shape index (κ2) is 4.87. The number of methoxy groups -OCH3 is 1. The van der Waals surface area contributed by atoms with E-state index in [9.17, 15) is 9.59 Å². The summed E-state index contributed by atoms with van der Waals surface area (Å²) in [4.78, 5) is 23.9. The van der Waals surface area contributed by atoms with Gasteiger partial charge in [0.15, 0.2) is 5.78 Å². The fourth-order valence-corrected chi connectivity index (χ4v) is 3.11. The standard InChI is InChI=1S/C12H15NO3S/c1-16-12(15)11-9(13)8(6-17-11)10(14)7-4-2-3-5-7/h6-7H,2-5,13H2,1H3. The summed E-state index contributed by atoms with van der Waals surface area (Å²) in [5.41, 5.74) is 6.60. The topological polar surface area (TPSA) is 69.4 Å². The van der Waals surface area contributed by atoms with Gasteiger partial charge in [-0.3, -0.25) is 4.79 Å². The van der Waals surface area contributed by atoms with Crippen molar-refractivity contribution in [3.8, 4) is 0 Å². The highest BCUT2D eigenvalue weighted by Gasteiger charge is 2.28. The van der Waals surface area contributed by atoms with Crippen LogP contribution in [0.2, 0.25) is 0 Å². The number of nitrogens with two attached hydrogens (primary N) is 1. The lowest BCUT2D eigenvalue weighted by Gasteiger charge is -2.07. The molecule has 1 aliphatic rings. The lowest BCUT2D eigenvalue weighted by atomic mass is 9.97. The normalized spacial score (nSPS) is 16.1. The third-order valence-corrected chi connectivity index (χ3v) is 4.17. The molecule has 1 aliphatic carbocycles. The van der Waals surface area contributed by atoms with Crippen molar-refractivity contribution in [1.82, 2.24) is 0 Å². The molecule has 0 amide bonds. The Labute approximate surface area is 104 Å². The number of rotatable bonds is 3. The maximum absolute atomic E-state index is 12.2. The average molecular weight is 253 g/mol. The Morgan fingerprint density at radius 1 is 1.41 bits per heavy atom. The van der Waals surface area contributed by atoms with Crippen LogP contribution in [0.25, 0.3) is 0 Å². The number of ether oxygens (including phenoxy) is 1. The second-order valence-electron chi connectivity index (χ2n) is 4.23. The number of nitrogen functional groups attached to an aromatic ring is 1. The number of ketones is 1. The molecule has 4 nitrogen and oxygen atoms in total. The summed E-state index contributed by atoms with van der Waals surface area (Å²) < 4.78 is 4.62. The van der Waals surface area contributed by atoms with E-state index >= 15 is 0 Å². The highest BCUT2D eigenvalue weighted by atomic mass is 32.1. The zero-order chi connectivity index (χ0) is 12.4. The third-order valence-electron chi connectivity index (χ3n) is 3.19. The Kier molecular flexibility index (Phi) is 3.47. The van der Waals surface area contributed by atoms with E-state index < -0.39 is 5.97 Å². The molecule has 0 radical (unpaired) electrons. The van der Waals surface area contributed by atoms with Crippen LogP contribution in [0.15, 0.2) is 5.38 Å². The van der Waals surface area contributed by atoms with Gasteiger partial charge in [-0.15, -0.1) is 11.3 Å². The van der Waals surface area contributed by atoms with Gasteiger partial charge in [0.05, 0.1) is 18.4 Å². The fourth-order valence-electron chi connectivity index (χ4n) is 2.22. The molecule has 0 bridgehead atoms. The maximum atomic E-state index is 12.2. The van der Waals surface area contributed by atoms with Gasteiger partial charge in [-0.25, -0.2) is 4.79 Å². The predicted molar refractivity (Wildman–Crippen MR) is 66.4 cm³/mol. The molecule has 1 aromatic rings. The summed E-state index contributed by atoms with van der Waals surface area (Å²) in [6, 6.07) is 0. The van der Waals surface area contributed by atoms with Gasteiger partial charge in [0, 0.05) is 11.3 Å². The number of carbonyl (C=O) groups is 2. The molecule has 1 fully saturated rings. The Morgan fingerprint density at radius 2 is 2.06 bits per heavy atom. The van der Waals surface area contributed by atoms with Gasteiger partial charge < -0.3 is 10.5 Å². The first-order valence-electron chi connectivity index (χ1n) is 5.64. The zero-order valence-corrected chi connectivity index (χ0v) is 10.5. The molecule has 1 heterocycles. The van der Waals surface area contributed by atoms with Crippen molar-refractivity contribution in [3.05, 3.63) is 15.8 Å². The Balaban J connectivity index is 2.24. The van der Waals surface area contributed by atoms with E-state index in [1.165, 1.54) is 18.4 Å². The van der Waals surface area contributed by atoms with Gasteiger partial charge >= 0.3 is 5.97 Å². The minimum Gasteiger partial charge on any atom is -0.465 e. The van der Waals surface area contributed by atoms with Gasteiger partial charge in [0.25, 0.3) is 0 Å². The summed E-state index contributed by atoms with van der Waals surface area (Å²) in [5, 5.41) is 1.67. The van der Waals surface area contributed by atoms with E-state index in [4.69, 9.17) is 5.73 Å².